The van der Waals surface area contributed by atoms with E-state index in [-0.39, 0.29) is 6.54 Å². The summed E-state index contributed by atoms with van der Waals surface area (Å²) >= 11 is 1.80. The summed E-state index contributed by atoms with van der Waals surface area (Å²) in [6.07, 6.45) is 1.16. The number of thioether (sulfide) groups is 1. The van der Waals surface area contributed by atoms with Crippen LogP contribution in [0.5, 0.6) is 0 Å². The van der Waals surface area contributed by atoms with E-state index in [1.54, 1.807) is 11.8 Å². The minimum absolute atomic E-state index is 0.121. The standard InChI is InChI=1S/C11H22N2O3S/c1-12(9-11(14)15)10-17-8-2-3-13-4-6-16-7-5-13/h2-10H2,1H3,(H,14,15). The van der Waals surface area contributed by atoms with E-state index in [4.69, 9.17) is 9.84 Å². The van der Waals surface area contributed by atoms with E-state index in [1.165, 1.54) is 0 Å². The molecule has 0 aliphatic carbocycles. The fraction of sp³-hybridized carbons (Fsp3) is 0.909. The summed E-state index contributed by atoms with van der Waals surface area (Å²) in [6.45, 7) is 5.05. The van der Waals surface area contributed by atoms with Crippen molar-refractivity contribution in [3.8, 4) is 0 Å². The average Bonchev–Trinajstić information content (AvgIpc) is 2.29. The Morgan fingerprint density at radius 2 is 2.18 bits per heavy atom. The molecule has 100 valence electrons. The van der Waals surface area contributed by atoms with E-state index in [1.807, 2.05) is 11.9 Å². The number of morpholine rings is 1. The second-order valence-corrected chi connectivity index (χ2v) is 5.33. The fourth-order valence-electron chi connectivity index (χ4n) is 1.71. The molecule has 0 radical (unpaired) electrons. The molecule has 17 heavy (non-hydrogen) atoms. The smallest absolute Gasteiger partial charge is 0.317 e. The molecule has 1 rings (SSSR count). The number of likely N-dealkylation sites (N-methyl/N-ethyl adjacent to an activating group) is 1. The quantitative estimate of drug-likeness (QED) is 0.505. The van der Waals surface area contributed by atoms with Gasteiger partial charge in [-0.3, -0.25) is 14.6 Å². The monoisotopic (exact) mass is 262 g/mol. The van der Waals surface area contributed by atoms with Crippen LogP contribution in [0.2, 0.25) is 0 Å². The van der Waals surface area contributed by atoms with Crippen molar-refractivity contribution in [3.05, 3.63) is 0 Å². The predicted octanol–water partition coefficient (Wildman–Crippen LogP) is 0.416. The van der Waals surface area contributed by atoms with Gasteiger partial charge in [-0.05, 0) is 25.8 Å². The van der Waals surface area contributed by atoms with Gasteiger partial charge in [0.1, 0.15) is 0 Å². The Morgan fingerprint density at radius 3 is 2.82 bits per heavy atom. The SMILES string of the molecule is CN(CSCCCN1CCOCC1)CC(=O)O. The molecule has 0 unspecified atom stereocenters. The summed E-state index contributed by atoms with van der Waals surface area (Å²) < 4.78 is 5.29. The second-order valence-electron chi connectivity index (χ2n) is 4.25. The maximum atomic E-state index is 10.4. The molecule has 1 saturated heterocycles. The van der Waals surface area contributed by atoms with Crippen LogP contribution in [0.4, 0.5) is 0 Å². The van der Waals surface area contributed by atoms with E-state index in [0.717, 1.165) is 50.9 Å². The molecule has 0 aromatic heterocycles. The lowest BCUT2D eigenvalue weighted by atomic mass is 10.4. The lowest BCUT2D eigenvalue weighted by Gasteiger charge is -2.26. The number of carbonyl (C=O) groups is 1. The molecule has 0 atom stereocenters. The van der Waals surface area contributed by atoms with Crippen LogP contribution < -0.4 is 0 Å². The zero-order valence-electron chi connectivity index (χ0n) is 10.4. The first kappa shape index (κ1) is 14.8. The summed E-state index contributed by atoms with van der Waals surface area (Å²) in [5, 5.41) is 8.59. The second kappa shape index (κ2) is 8.74. The molecule has 1 aliphatic heterocycles. The van der Waals surface area contributed by atoms with Crippen molar-refractivity contribution in [2.45, 2.75) is 6.42 Å². The maximum absolute atomic E-state index is 10.4. The van der Waals surface area contributed by atoms with Crippen molar-refractivity contribution >= 4 is 17.7 Å². The normalized spacial score (nSPS) is 17.5. The molecule has 6 heteroatoms. The zero-order valence-corrected chi connectivity index (χ0v) is 11.2. The van der Waals surface area contributed by atoms with Gasteiger partial charge in [-0.1, -0.05) is 0 Å². The highest BCUT2D eigenvalue weighted by Gasteiger charge is 2.09. The Bertz CT molecular complexity index is 223. The van der Waals surface area contributed by atoms with Crippen LogP contribution >= 0.6 is 11.8 Å². The highest BCUT2D eigenvalue weighted by atomic mass is 32.2. The molecule has 0 aromatic carbocycles. The maximum Gasteiger partial charge on any atom is 0.317 e. The van der Waals surface area contributed by atoms with Gasteiger partial charge in [0.2, 0.25) is 0 Å². The van der Waals surface area contributed by atoms with Crippen molar-refractivity contribution < 1.29 is 14.6 Å². The van der Waals surface area contributed by atoms with Gasteiger partial charge in [-0.2, -0.15) is 0 Å². The lowest BCUT2D eigenvalue weighted by molar-refractivity contribution is -0.137. The molecule has 5 nitrogen and oxygen atoms in total. The third kappa shape index (κ3) is 7.59. The fourth-order valence-corrected chi connectivity index (χ4v) is 2.58. The Labute approximate surface area is 107 Å². The van der Waals surface area contributed by atoms with Crippen LogP contribution in [0.25, 0.3) is 0 Å². The number of carboxylic acid groups (broad SMARTS) is 1. The number of carboxylic acids is 1. The van der Waals surface area contributed by atoms with Crippen LogP contribution in [-0.4, -0.2) is 78.9 Å². The minimum Gasteiger partial charge on any atom is -0.480 e. The molecule has 0 spiro atoms. The Balaban J connectivity index is 1.91. The van der Waals surface area contributed by atoms with E-state index in [2.05, 4.69) is 4.90 Å². The van der Waals surface area contributed by atoms with E-state index >= 15 is 0 Å². The molecule has 1 aliphatic rings. The molecular weight excluding hydrogens is 240 g/mol. The molecule has 1 N–H and O–H groups in total. The van der Waals surface area contributed by atoms with Gasteiger partial charge in [0.15, 0.2) is 0 Å². The van der Waals surface area contributed by atoms with Crippen LogP contribution in [0.1, 0.15) is 6.42 Å². The summed E-state index contributed by atoms with van der Waals surface area (Å²) in [4.78, 5) is 14.7. The van der Waals surface area contributed by atoms with Gasteiger partial charge in [0.25, 0.3) is 0 Å². The predicted molar refractivity (Wildman–Crippen MR) is 69.5 cm³/mol. The Hall–Kier alpha value is -0.300. The number of nitrogens with zero attached hydrogens (tertiary/aromatic N) is 2. The largest absolute Gasteiger partial charge is 0.480 e. The van der Waals surface area contributed by atoms with Crippen LogP contribution in [0.15, 0.2) is 0 Å². The van der Waals surface area contributed by atoms with Crippen LogP contribution in [0.3, 0.4) is 0 Å². The molecule has 1 fully saturated rings. The summed E-state index contributed by atoms with van der Waals surface area (Å²) in [5.74, 6) is 1.11. The van der Waals surface area contributed by atoms with Gasteiger partial charge in [-0.15, -0.1) is 11.8 Å². The first-order valence-corrected chi connectivity index (χ1v) is 7.12. The van der Waals surface area contributed by atoms with Gasteiger partial charge < -0.3 is 9.84 Å². The molecule has 0 saturated carbocycles. The molecular formula is C11H22N2O3S. The van der Waals surface area contributed by atoms with Crippen molar-refractivity contribution in [2.75, 3.05) is 58.1 Å². The van der Waals surface area contributed by atoms with Crippen molar-refractivity contribution in [3.63, 3.8) is 0 Å². The number of aliphatic carboxylic acids is 1. The highest BCUT2D eigenvalue weighted by molar-refractivity contribution is 7.99. The Kier molecular flexibility index (Phi) is 7.59. The van der Waals surface area contributed by atoms with Gasteiger partial charge in [0.05, 0.1) is 19.8 Å². The first-order chi connectivity index (χ1) is 8.18. The molecule has 0 amide bonds. The van der Waals surface area contributed by atoms with Crippen LogP contribution in [-0.2, 0) is 9.53 Å². The highest BCUT2D eigenvalue weighted by Crippen LogP contribution is 2.06. The number of hydrogen-bond donors (Lipinski definition) is 1. The van der Waals surface area contributed by atoms with E-state index in [9.17, 15) is 4.79 Å². The summed E-state index contributed by atoms with van der Waals surface area (Å²) in [5.41, 5.74) is 0. The first-order valence-electron chi connectivity index (χ1n) is 5.96. The third-order valence-corrected chi connectivity index (χ3v) is 3.78. The van der Waals surface area contributed by atoms with Crippen molar-refractivity contribution in [1.29, 1.82) is 0 Å². The van der Waals surface area contributed by atoms with Gasteiger partial charge >= 0.3 is 5.97 Å². The van der Waals surface area contributed by atoms with Crippen LogP contribution in [0, 0.1) is 0 Å². The summed E-state index contributed by atoms with van der Waals surface area (Å²) in [7, 11) is 1.84. The summed E-state index contributed by atoms with van der Waals surface area (Å²) in [6, 6.07) is 0. The number of ether oxygens (including phenoxy) is 1. The molecule has 0 bridgehead atoms. The van der Waals surface area contributed by atoms with E-state index in [0.29, 0.717) is 0 Å². The third-order valence-electron chi connectivity index (χ3n) is 2.58. The lowest BCUT2D eigenvalue weighted by Crippen LogP contribution is -2.37. The van der Waals surface area contributed by atoms with E-state index < -0.39 is 5.97 Å². The molecule has 1 heterocycles. The number of rotatable bonds is 8. The van der Waals surface area contributed by atoms with Gasteiger partial charge in [0, 0.05) is 19.0 Å². The van der Waals surface area contributed by atoms with Gasteiger partial charge in [-0.25, -0.2) is 0 Å². The number of hydrogen-bond acceptors (Lipinski definition) is 5. The zero-order chi connectivity index (χ0) is 12.5. The van der Waals surface area contributed by atoms with Crippen molar-refractivity contribution in [1.82, 2.24) is 9.80 Å². The molecule has 0 aromatic rings. The minimum atomic E-state index is -0.763. The topological polar surface area (TPSA) is 53.0 Å². The van der Waals surface area contributed by atoms with Crippen molar-refractivity contribution in [2.24, 2.45) is 0 Å². The Morgan fingerprint density at radius 1 is 1.47 bits per heavy atom. The average molecular weight is 262 g/mol.